The minimum absolute atomic E-state index is 0.0455. The van der Waals surface area contributed by atoms with Crippen LogP contribution in [0.15, 0.2) is 0 Å². The number of hydrogen-bond donors (Lipinski definition) is 0. The summed E-state index contributed by atoms with van der Waals surface area (Å²) in [6.07, 6.45) is -0.0898. The molecule has 0 aromatic carbocycles. The number of rotatable bonds is 6. The Balaban J connectivity index is 2.94. The molecule has 0 spiro atoms. The van der Waals surface area contributed by atoms with Crippen molar-refractivity contribution < 1.29 is 26.6 Å². The van der Waals surface area contributed by atoms with Crippen molar-refractivity contribution in [3.63, 3.8) is 0 Å². The first-order valence-corrected chi connectivity index (χ1v) is 14.0. The van der Waals surface area contributed by atoms with Crippen LogP contribution in [0.25, 0.3) is 0 Å². The second-order valence-electron chi connectivity index (χ2n) is 9.65. The topological polar surface area (TPSA) is 82.1 Å². The van der Waals surface area contributed by atoms with Crippen LogP contribution in [0.3, 0.4) is 0 Å². The van der Waals surface area contributed by atoms with Gasteiger partial charge in [0.2, 0.25) is 0 Å². The maximum Gasteiger partial charge on any atom is 0.410 e. The van der Waals surface area contributed by atoms with E-state index < -0.39 is 36.2 Å². The van der Waals surface area contributed by atoms with E-state index in [1.165, 1.54) is 6.92 Å². The molecule has 1 rings (SSSR count). The molecule has 1 aliphatic rings. The molecule has 9 heteroatoms. The summed E-state index contributed by atoms with van der Waals surface area (Å²) in [5, 5.41) is 0.0455. The molecule has 1 saturated heterocycles. The number of hydrogen-bond acceptors (Lipinski definition) is 6. The first-order chi connectivity index (χ1) is 12.0. The average Bonchev–Trinajstić information content (AvgIpc) is 2.84. The molecule has 0 radical (unpaired) electrons. The zero-order valence-electron chi connectivity index (χ0n) is 18.3. The second-order valence-corrected chi connectivity index (χ2v) is 16.3. The van der Waals surface area contributed by atoms with Crippen molar-refractivity contribution in [3.8, 4) is 0 Å². The van der Waals surface area contributed by atoms with E-state index in [0.717, 1.165) is 0 Å². The molecule has 0 aromatic rings. The third-order valence-corrected chi connectivity index (χ3v) is 10.8. The van der Waals surface area contributed by atoms with Crippen molar-refractivity contribution in [2.45, 2.75) is 90.8 Å². The van der Waals surface area contributed by atoms with Crippen LogP contribution in [-0.4, -0.2) is 64.4 Å². The predicted octanol–water partition coefficient (Wildman–Crippen LogP) is 3.75. The average molecular weight is 424 g/mol. The Morgan fingerprint density at radius 1 is 1.15 bits per heavy atom. The van der Waals surface area contributed by atoms with E-state index in [-0.39, 0.29) is 23.5 Å². The standard InChI is InChI=1S/C18H37NO6SSi/c1-10-26(21,22)23-13-14-11-15(25-27(8,9)18(5,6)7)12-19(14)16(20)24-17(2,3)4/h14-15H,10-13H2,1-9H3/t14-,15-/m1/s1. The molecule has 27 heavy (non-hydrogen) atoms. The lowest BCUT2D eigenvalue weighted by atomic mass is 10.2. The van der Waals surface area contributed by atoms with Gasteiger partial charge in [0.25, 0.3) is 10.1 Å². The van der Waals surface area contributed by atoms with Crippen LogP contribution in [0.5, 0.6) is 0 Å². The van der Waals surface area contributed by atoms with Crippen LogP contribution in [-0.2, 0) is 23.5 Å². The highest BCUT2D eigenvalue weighted by Gasteiger charge is 2.44. The van der Waals surface area contributed by atoms with E-state index in [1.807, 2.05) is 0 Å². The van der Waals surface area contributed by atoms with Crippen molar-refractivity contribution in [2.75, 3.05) is 18.9 Å². The van der Waals surface area contributed by atoms with Crippen LogP contribution in [0, 0.1) is 0 Å². The Morgan fingerprint density at radius 3 is 2.15 bits per heavy atom. The van der Waals surface area contributed by atoms with Crippen molar-refractivity contribution >= 4 is 24.5 Å². The lowest BCUT2D eigenvalue weighted by molar-refractivity contribution is 0.0176. The molecule has 0 N–H and O–H groups in total. The fourth-order valence-electron chi connectivity index (χ4n) is 2.52. The van der Waals surface area contributed by atoms with E-state index in [2.05, 4.69) is 33.9 Å². The second kappa shape index (κ2) is 8.38. The Morgan fingerprint density at radius 2 is 1.70 bits per heavy atom. The lowest BCUT2D eigenvalue weighted by Gasteiger charge is -2.38. The Labute approximate surface area is 166 Å². The number of likely N-dealkylation sites (tertiary alicyclic amines) is 1. The summed E-state index contributed by atoms with van der Waals surface area (Å²) in [4.78, 5) is 14.2. The number of amides is 1. The van der Waals surface area contributed by atoms with Crippen LogP contribution in [0.4, 0.5) is 4.79 Å². The van der Waals surface area contributed by atoms with Gasteiger partial charge in [-0.2, -0.15) is 8.42 Å². The molecular weight excluding hydrogens is 386 g/mol. The summed E-state index contributed by atoms with van der Waals surface area (Å²) in [7, 11) is -5.59. The van der Waals surface area contributed by atoms with E-state index in [4.69, 9.17) is 13.3 Å². The maximum atomic E-state index is 12.6. The third kappa shape index (κ3) is 7.36. The first kappa shape index (κ1) is 24.4. The van der Waals surface area contributed by atoms with Gasteiger partial charge in [-0.25, -0.2) is 4.79 Å². The molecule has 1 aliphatic heterocycles. The molecule has 2 atom stereocenters. The smallest absolute Gasteiger partial charge is 0.410 e. The molecule has 0 bridgehead atoms. The molecule has 0 saturated carbocycles. The quantitative estimate of drug-likeness (QED) is 0.478. The van der Waals surface area contributed by atoms with E-state index >= 15 is 0 Å². The molecular formula is C18H37NO6SSi. The van der Waals surface area contributed by atoms with E-state index in [0.29, 0.717) is 13.0 Å². The summed E-state index contributed by atoms with van der Waals surface area (Å²) < 4.78 is 40.5. The highest BCUT2D eigenvalue weighted by molar-refractivity contribution is 7.86. The van der Waals surface area contributed by atoms with Crippen LogP contribution >= 0.6 is 0 Å². The van der Waals surface area contributed by atoms with Crippen molar-refractivity contribution in [1.29, 1.82) is 0 Å². The normalized spacial score (nSPS) is 22.2. The molecule has 0 aliphatic carbocycles. The van der Waals surface area contributed by atoms with Gasteiger partial charge >= 0.3 is 6.09 Å². The number of nitrogens with zero attached hydrogens (tertiary/aromatic N) is 1. The predicted molar refractivity (Wildman–Crippen MR) is 109 cm³/mol. The summed E-state index contributed by atoms with van der Waals surface area (Å²) in [6.45, 7) is 18.0. The molecule has 7 nitrogen and oxygen atoms in total. The van der Waals surface area contributed by atoms with Gasteiger partial charge in [-0.05, 0) is 52.2 Å². The van der Waals surface area contributed by atoms with Crippen molar-refractivity contribution in [2.24, 2.45) is 0 Å². The molecule has 0 aromatic heterocycles. The van der Waals surface area contributed by atoms with Gasteiger partial charge in [-0.3, -0.25) is 4.18 Å². The van der Waals surface area contributed by atoms with Gasteiger partial charge in [0, 0.05) is 6.54 Å². The van der Waals surface area contributed by atoms with Crippen molar-refractivity contribution in [3.05, 3.63) is 0 Å². The summed E-state index contributed by atoms with van der Waals surface area (Å²) >= 11 is 0. The summed E-state index contributed by atoms with van der Waals surface area (Å²) in [6, 6.07) is -0.393. The van der Waals surface area contributed by atoms with E-state index in [1.54, 1.807) is 25.7 Å². The molecule has 1 heterocycles. The Kier molecular flexibility index (Phi) is 7.58. The van der Waals surface area contributed by atoms with Gasteiger partial charge in [0.1, 0.15) is 5.60 Å². The van der Waals surface area contributed by atoms with Crippen LogP contribution in [0.2, 0.25) is 18.1 Å². The summed E-state index contributed by atoms with van der Waals surface area (Å²) in [5.74, 6) is -0.101. The van der Waals surface area contributed by atoms with Gasteiger partial charge in [-0.1, -0.05) is 20.8 Å². The fourth-order valence-corrected chi connectivity index (χ4v) is 4.41. The van der Waals surface area contributed by atoms with Crippen LogP contribution in [0.1, 0.15) is 54.9 Å². The Bertz CT molecular complexity index is 621. The SMILES string of the molecule is CCS(=O)(=O)OC[C@H]1C[C@@H](O[Si](C)(C)C(C)(C)C)CN1C(=O)OC(C)(C)C. The minimum atomic E-state index is -3.58. The van der Waals surface area contributed by atoms with Gasteiger partial charge < -0.3 is 14.1 Å². The highest BCUT2D eigenvalue weighted by Crippen LogP contribution is 2.39. The monoisotopic (exact) mass is 423 g/mol. The van der Waals surface area contributed by atoms with Gasteiger partial charge in [-0.15, -0.1) is 0 Å². The van der Waals surface area contributed by atoms with Gasteiger partial charge in [0.15, 0.2) is 8.32 Å². The maximum absolute atomic E-state index is 12.6. The zero-order valence-corrected chi connectivity index (χ0v) is 20.1. The Hall–Kier alpha value is -0.643. The minimum Gasteiger partial charge on any atom is -0.444 e. The highest BCUT2D eigenvalue weighted by atomic mass is 32.2. The third-order valence-electron chi connectivity index (χ3n) is 5.07. The molecule has 0 unspecified atom stereocenters. The van der Waals surface area contributed by atoms with Crippen LogP contribution < -0.4 is 0 Å². The molecule has 160 valence electrons. The van der Waals surface area contributed by atoms with Crippen molar-refractivity contribution in [1.82, 2.24) is 4.90 Å². The largest absolute Gasteiger partial charge is 0.444 e. The number of carbonyl (C=O) groups is 1. The number of ether oxygens (including phenoxy) is 1. The molecule has 1 fully saturated rings. The lowest BCUT2D eigenvalue weighted by Crippen LogP contribution is -2.45. The zero-order chi connectivity index (χ0) is 21.3. The first-order valence-electron chi connectivity index (χ1n) is 9.52. The number of carbonyl (C=O) groups excluding carboxylic acids is 1. The van der Waals surface area contributed by atoms with E-state index in [9.17, 15) is 13.2 Å². The van der Waals surface area contributed by atoms with Gasteiger partial charge in [0.05, 0.1) is 24.5 Å². The summed E-state index contributed by atoms with van der Waals surface area (Å²) in [5.41, 5.74) is -0.629. The molecule has 1 amide bonds. The fraction of sp³-hybridized carbons (Fsp3) is 0.944.